The molecular formula is C110H116F12N12O12S2. The van der Waals surface area contributed by atoms with E-state index in [0.717, 1.165) is 132 Å². The lowest BCUT2D eigenvalue weighted by atomic mass is 9.73. The first-order valence-corrected chi connectivity index (χ1v) is 52.4. The summed E-state index contributed by atoms with van der Waals surface area (Å²) in [6, 6.07) is 26.0. The first-order chi connectivity index (χ1) is 70.3. The predicted octanol–water partition coefficient (Wildman–Crippen LogP) is 18.8. The Kier molecular flexibility index (Phi) is 37.9. The minimum Gasteiger partial charge on any atom is -0.380 e. The molecule has 4 aliphatic rings. The molecule has 0 aliphatic heterocycles. The highest BCUT2D eigenvalue weighted by atomic mass is 32.2. The lowest BCUT2D eigenvalue weighted by Crippen LogP contribution is -2.47. The highest BCUT2D eigenvalue weighted by molar-refractivity contribution is 7.90. The summed E-state index contributed by atoms with van der Waals surface area (Å²) in [6.45, 7) is 11.4. The van der Waals surface area contributed by atoms with Gasteiger partial charge in [-0.1, -0.05) is 39.8 Å². The normalized spacial score (nSPS) is 21.9. The average molecular weight is 2090 g/mol. The van der Waals surface area contributed by atoms with Gasteiger partial charge in [-0.2, -0.15) is 0 Å². The van der Waals surface area contributed by atoms with Crippen LogP contribution in [0.3, 0.4) is 0 Å². The summed E-state index contributed by atoms with van der Waals surface area (Å²) in [5.74, 6) is -12.5. The van der Waals surface area contributed by atoms with Crippen LogP contribution in [0.1, 0.15) is 200 Å². The van der Waals surface area contributed by atoms with E-state index < -0.39 is 158 Å². The van der Waals surface area contributed by atoms with E-state index in [-0.39, 0.29) is 169 Å². The lowest BCUT2D eigenvalue weighted by molar-refractivity contribution is -0.0154. The summed E-state index contributed by atoms with van der Waals surface area (Å²) in [7, 11) is -2.97. The Hall–Kier alpha value is -12.5. The van der Waals surface area contributed by atoms with E-state index >= 15 is 0 Å². The zero-order valence-electron chi connectivity index (χ0n) is 83.0. The van der Waals surface area contributed by atoms with Crippen molar-refractivity contribution < 1.29 is 108 Å². The van der Waals surface area contributed by atoms with Gasteiger partial charge < -0.3 is 41.9 Å². The molecule has 38 heteroatoms. The van der Waals surface area contributed by atoms with Crippen molar-refractivity contribution in [3.05, 3.63) is 331 Å². The maximum absolute atomic E-state index is 14.6. The number of halogens is 12. The van der Waals surface area contributed by atoms with E-state index in [2.05, 4.69) is 53.7 Å². The van der Waals surface area contributed by atoms with E-state index in [1.54, 1.807) is 63.8 Å². The highest BCUT2D eigenvalue weighted by Crippen LogP contribution is 2.45. The Balaban J connectivity index is 0.000000165. The van der Waals surface area contributed by atoms with Crippen molar-refractivity contribution in [1.29, 1.82) is 0 Å². The van der Waals surface area contributed by atoms with Gasteiger partial charge in [0.25, 0.3) is 0 Å². The molecule has 0 amide bonds. The van der Waals surface area contributed by atoms with Crippen LogP contribution in [0.25, 0.3) is 45.0 Å². The number of hydrogen-bond donors (Lipinski definition) is 4. The molecule has 0 saturated heterocycles. The zero-order chi connectivity index (χ0) is 107. The summed E-state index contributed by atoms with van der Waals surface area (Å²) in [4.78, 5) is 85.4. The number of rotatable bonds is 30. The van der Waals surface area contributed by atoms with Gasteiger partial charge in [0.15, 0.2) is 23.1 Å². The SMILES string of the molecule is CO[C@H]1[C@H](C)C[C@H](c2ccncc2CC(=O)c2ccc(F)c(-c3c(F)cccc3F)n2)C[C@@H]1N.CO[C@H]1[C@H](N)C[C@H](c2ccncc2CC(=O)c2ccc(F)c(-c3c(F)cccc3F)n2)C[C@@H]1C.Cc1cc(F)c(-c2nc(C(=O)Cc3cnccc3[C@H]3C[C@@H](C)[C@@H](OCCS(C)(=O)=O)[C@@H](N)C3)ccc2F)c(F)c1.Cc1cc(F)c(-c2nc(C(=O)Cc3cnccc3[C@H]3C[C@@H](N)[C@@H](OCCS(C)(=O)=O)[C@@H](C)C3)ccc2F)c(F)c1. The molecule has 0 bridgehead atoms. The van der Waals surface area contributed by atoms with Gasteiger partial charge in [0.2, 0.25) is 0 Å². The van der Waals surface area contributed by atoms with Gasteiger partial charge in [0.05, 0.1) is 71.4 Å². The second kappa shape index (κ2) is 49.8. The number of pyridine rings is 8. The molecule has 8 N–H and O–H groups in total. The maximum Gasteiger partial charge on any atom is 0.185 e. The number of sulfone groups is 2. The molecule has 4 aromatic carbocycles. The van der Waals surface area contributed by atoms with Crippen molar-refractivity contribution in [2.75, 3.05) is 51.5 Å². The van der Waals surface area contributed by atoms with Crippen molar-refractivity contribution in [3.63, 3.8) is 0 Å². The molecule has 0 radical (unpaired) electrons. The molecule has 4 saturated carbocycles. The molecule has 24 nitrogen and oxygen atoms in total. The van der Waals surface area contributed by atoms with Crippen LogP contribution in [-0.2, 0) is 64.3 Å². The van der Waals surface area contributed by atoms with Crippen molar-refractivity contribution in [1.82, 2.24) is 39.9 Å². The fourth-order valence-corrected chi connectivity index (χ4v) is 21.5. The molecule has 148 heavy (non-hydrogen) atoms. The van der Waals surface area contributed by atoms with Crippen LogP contribution in [0, 0.1) is 107 Å². The first kappa shape index (κ1) is 113. The third-order valence-corrected chi connectivity index (χ3v) is 29.4. The molecule has 784 valence electrons. The number of nitrogens with two attached hydrogens (primary N) is 4. The number of hydrogen-bond acceptors (Lipinski definition) is 24. The number of methoxy groups -OCH3 is 2. The number of carbonyl (C=O) groups is 4. The number of ketones is 4. The Morgan fingerprint density at radius 2 is 0.541 bits per heavy atom. The third kappa shape index (κ3) is 28.0. The minimum atomic E-state index is -3.15. The first-order valence-electron chi connectivity index (χ1n) is 48.2. The molecule has 16 rings (SSSR count). The molecule has 16 atom stereocenters. The van der Waals surface area contributed by atoms with E-state index in [1.165, 1.54) is 50.2 Å². The number of aryl methyl sites for hydroxylation is 2. The molecule has 0 spiro atoms. The lowest BCUT2D eigenvalue weighted by Gasteiger charge is -2.39. The van der Waals surface area contributed by atoms with Gasteiger partial charge in [-0.3, -0.25) is 39.1 Å². The van der Waals surface area contributed by atoms with E-state index in [4.69, 9.17) is 41.9 Å². The van der Waals surface area contributed by atoms with E-state index in [0.29, 0.717) is 60.8 Å². The van der Waals surface area contributed by atoms with Gasteiger partial charge in [-0.05, 0) is 290 Å². The van der Waals surface area contributed by atoms with Gasteiger partial charge in [0.1, 0.15) is 135 Å². The van der Waals surface area contributed by atoms with Crippen LogP contribution in [0.2, 0.25) is 0 Å². The molecule has 12 aromatic rings. The minimum absolute atomic E-state index is 0.00181. The molecule has 4 fully saturated rings. The smallest absolute Gasteiger partial charge is 0.185 e. The third-order valence-electron chi connectivity index (χ3n) is 27.6. The fourth-order valence-electron chi connectivity index (χ4n) is 20.7. The number of Topliss-reactive ketones (excluding diaryl/α,β-unsaturated/α-hetero) is 4. The van der Waals surface area contributed by atoms with Crippen molar-refractivity contribution >= 4 is 42.8 Å². The Morgan fingerprint density at radius 1 is 0.318 bits per heavy atom. The van der Waals surface area contributed by atoms with Crippen LogP contribution < -0.4 is 22.9 Å². The van der Waals surface area contributed by atoms with Crippen LogP contribution in [-0.4, -0.2) is 180 Å². The summed E-state index contributed by atoms with van der Waals surface area (Å²) < 4.78 is 242. The van der Waals surface area contributed by atoms with Crippen LogP contribution in [0.4, 0.5) is 52.7 Å². The Morgan fingerprint density at radius 3 is 0.757 bits per heavy atom. The molecule has 4 aliphatic carbocycles. The van der Waals surface area contributed by atoms with E-state index in [9.17, 15) is 88.7 Å². The summed E-state index contributed by atoms with van der Waals surface area (Å²) >= 11 is 0. The maximum atomic E-state index is 14.6. The quantitative estimate of drug-likeness (QED) is 0.0240. The molecule has 0 unspecified atom stereocenters. The standard InChI is InChI=1S/2C29H32F3N3O4S.2C26H26F3N3O2/c2*1-16-10-22(31)27(23(32)11-16)28-21(30)4-5-25(35-28)26(36)14-19-15-34-7-6-20(19)18-12-17(2)29(24(33)13-18)39-8-9-40(3,37)38;2*1-14-10-15(11-21(30)26(14)34-2)17-8-9-31-13-16(17)12-23(33)22-7-6-20(29)25(32-22)24-18(27)4-3-5-19(24)28/h2*4-7,10-11,15,17-18,24,29H,8-9,12-14,33H2,1-3H3;2*3-9,13-15,21,26H,10-12,30H2,1-2H3/t2*17-,18+,24+,29-;2*14-,15+,21+,26+/m1010/s1. The monoisotopic (exact) mass is 2090 g/mol. The van der Waals surface area contributed by atoms with Gasteiger partial charge in [-0.25, -0.2) is 89.5 Å². The summed E-state index contributed by atoms with van der Waals surface area (Å²) in [5, 5.41) is 0. The molecular weight excluding hydrogens is 1970 g/mol. The van der Waals surface area contributed by atoms with Crippen LogP contribution >= 0.6 is 0 Å². The predicted molar refractivity (Wildman–Crippen MR) is 534 cm³/mol. The van der Waals surface area contributed by atoms with Crippen molar-refractivity contribution in [2.45, 2.75) is 191 Å². The molecule has 8 heterocycles. The van der Waals surface area contributed by atoms with Crippen LogP contribution in [0.5, 0.6) is 0 Å². The highest BCUT2D eigenvalue weighted by Gasteiger charge is 2.42. The summed E-state index contributed by atoms with van der Waals surface area (Å²) in [6.07, 6.45) is 20.1. The van der Waals surface area contributed by atoms with Crippen molar-refractivity contribution in [3.8, 4) is 45.0 Å². The second-order valence-corrected chi connectivity index (χ2v) is 43.3. The topological polar surface area (TPSA) is 381 Å². The second-order valence-electron chi connectivity index (χ2n) is 38.8. The number of benzene rings is 4. The van der Waals surface area contributed by atoms with Gasteiger partial charge in [0, 0.05) is 126 Å². The van der Waals surface area contributed by atoms with Gasteiger partial charge in [-0.15, -0.1) is 0 Å². The average Bonchev–Trinajstić information content (AvgIpc) is 0.794. The Bertz CT molecular complexity index is 6540. The number of aromatic nitrogens is 8. The van der Waals surface area contributed by atoms with Crippen LogP contribution in [0.15, 0.2) is 183 Å². The molecule has 8 aromatic heterocycles. The zero-order valence-corrected chi connectivity index (χ0v) is 84.6. The van der Waals surface area contributed by atoms with E-state index in [1.807, 2.05) is 38.1 Å². The number of nitrogens with zero attached hydrogens (tertiary/aromatic N) is 8. The number of carbonyl (C=O) groups excluding carboxylic acids is 4. The Labute approximate surface area is 850 Å². The largest absolute Gasteiger partial charge is 0.380 e. The fraction of sp³-hybridized carbons (Fsp3) is 0.382. The number of ether oxygens (including phenoxy) is 4. The van der Waals surface area contributed by atoms with Gasteiger partial charge >= 0.3 is 0 Å². The summed E-state index contributed by atoms with van der Waals surface area (Å²) in [5.41, 5.74) is 27.6. The van der Waals surface area contributed by atoms with Crippen molar-refractivity contribution in [2.24, 2.45) is 46.6 Å².